The van der Waals surface area contributed by atoms with E-state index in [2.05, 4.69) is 9.97 Å². The summed E-state index contributed by atoms with van der Waals surface area (Å²) in [4.78, 5) is 44.8. The molecule has 0 aromatic carbocycles. The number of rotatable bonds is 8. The number of hydrogen-bond donors (Lipinski definition) is 2. The molecule has 0 saturated carbocycles. The van der Waals surface area contributed by atoms with Crippen molar-refractivity contribution in [3.8, 4) is 0 Å². The zero-order valence-electron chi connectivity index (χ0n) is 15.5. The van der Waals surface area contributed by atoms with Gasteiger partial charge in [-0.25, -0.2) is 9.78 Å². The number of thiazole rings is 1. The second-order valence-corrected chi connectivity index (χ2v) is 6.95. The summed E-state index contributed by atoms with van der Waals surface area (Å²) in [6.07, 6.45) is 2.86. The lowest BCUT2D eigenvalue weighted by molar-refractivity contribution is -0.114. The fourth-order valence-corrected chi connectivity index (χ4v) is 2.97. The molecule has 0 bridgehead atoms. The molecule has 0 aliphatic carbocycles. The smallest absolute Gasteiger partial charge is 0.330 e. The first-order valence-electron chi connectivity index (χ1n) is 8.34. The Kier molecular flexibility index (Phi) is 7.08. The predicted octanol–water partition coefficient (Wildman–Crippen LogP) is 0.924. The summed E-state index contributed by atoms with van der Waals surface area (Å²) in [6, 6.07) is 0. The summed E-state index contributed by atoms with van der Waals surface area (Å²) in [6.45, 7) is 4.44. The molecule has 2 heterocycles. The van der Waals surface area contributed by atoms with Crippen LogP contribution in [-0.4, -0.2) is 40.7 Å². The van der Waals surface area contributed by atoms with Crippen molar-refractivity contribution in [1.82, 2.24) is 14.5 Å². The number of H-pyrrole nitrogens is 1. The van der Waals surface area contributed by atoms with E-state index in [1.807, 2.05) is 13.8 Å². The third-order valence-corrected chi connectivity index (χ3v) is 4.27. The van der Waals surface area contributed by atoms with Crippen LogP contribution >= 0.6 is 11.3 Å². The number of aromatic nitrogens is 3. The molecule has 2 aromatic heterocycles. The number of hydrogen-bond acceptors (Lipinski definition) is 7. The summed E-state index contributed by atoms with van der Waals surface area (Å²) in [5.41, 5.74) is 7.00. The minimum Gasteiger partial charge on any atom is -0.383 e. The second kappa shape index (κ2) is 9.28. The molecule has 0 aliphatic heterocycles. The average molecular weight is 393 g/mol. The van der Waals surface area contributed by atoms with Crippen LogP contribution in [0, 0.1) is 5.92 Å². The molecular weight excluding hydrogens is 370 g/mol. The molecule has 0 saturated heterocycles. The Morgan fingerprint density at radius 2 is 2.22 bits per heavy atom. The third kappa shape index (κ3) is 5.14. The van der Waals surface area contributed by atoms with Gasteiger partial charge in [-0.15, -0.1) is 11.3 Å². The number of amides is 1. The van der Waals surface area contributed by atoms with Gasteiger partial charge in [0.2, 0.25) is 0 Å². The lowest BCUT2D eigenvalue weighted by Crippen LogP contribution is -2.42. The van der Waals surface area contributed by atoms with Gasteiger partial charge in [0.15, 0.2) is 5.69 Å². The van der Waals surface area contributed by atoms with Crippen molar-refractivity contribution in [3.63, 3.8) is 0 Å². The fraction of sp³-hybridized carbons (Fsp3) is 0.412. The number of aromatic amines is 1. The summed E-state index contributed by atoms with van der Waals surface area (Å²) in [5.74, 6) is -0.396. The first-order valence-corrected chi connectivity index (χ1v) is 9.28. The highest BCUT2D eigenvalue weighted by molar-refractivity contribution is 7.07. The Bertz CT molecular complexity index is 914. The van der Waals surface area contributed by atoms with E-state index in [1.54, 1.807) is 17.0 Å². The van der Waals surface area contributed by atoms with Crippen LogP contribution in [0.1, 0.15) is 19.5 Å². The van der Waals surface area contributed by atoms with Crippen LogP contribution in [0.5, 0.6) is 0 Å². The van der Waals surface area contributed by atoms with Crippen molar-refractivity contribution in [3.05, 3.63) is 43.5 Å². The lowest BCUT2D eigenvalue weighted by atomic mass is 10.2. The summed E-state index contributed by atoms with van der Waals surface area (Å²) in [5, 5.41) is 1.78. The topological polar surface area (TPSA) is 123 Å². The summed E-state index contributed by atoms with van der Waals surface area (Å²) in [7, 11) is 1.49. The number of anilines is 2. The van der Waals surface area contributed by atoms with Gasteiger partial charge in [-0.05, 0) is 12.0 Å². The van der Waals surface area contributed by atoms with Crippen LogP contribution in [0.3, 0.4) is 0 Å². The van der Waals surface area contributed by atoms with Crippen molar-refractivity contribution in [2.24, 2.45) is 5.92 Å². The average Bonchev–Trinajstić information content (AvgIpc) is 3.12. The van der Waals surface area contributed by atoms with Crippen molar-refractivity contribution < 1.29 is 9.53 Å². The van der Waals surface area contributed by atoms with E-state index in [9.17, 15) is 14.4 Å². The molecule has 27 heavy (non-hydrogen) atoms. The number of nitrogens with zero attached hydrogens (tertiary/aromatic N) is 3. The molecule has 0 unspecified atom stereocenters. The van der Waals surface area contributed by atoms with Gasteiger partial charge in [0.25, 0.3) is 11.5 Å². The number of nitrogens with one attached hydrogen (secondary N) is 1. The van der Waals surface area contributed by atoms with Crippen LogP contribution in [0.25, 0.3) is 6.08 Å². The maximum atomic E-state index is 12.7. The first kappa shape index (κ1) is 20.6. The van der Waals surface area contributed by atoms with Crippen LogP contribution in [-0.2, 0) is 16.1 Å². The number of carbonyl (C=O) groups is 1. The van der Waals surface area contributed by atoms with Crippen LogP contribution in [0.15, 0.2) is 26.6 Å². The Morgan fingerprint density at radius 3 is 2.81 bits per heavy atom. The standard InChI is InChI=1S/C17H23N5O4S/c1-11(2)8-22-15(18)14(16(24)20-17(22)25)21(6-7-26-3)13(23)5-4-12-9-27-10-19-12/h4-5,9-11H,6-8,18H2,1-3H3,(H,20,24,25)/b5-4-. The molecule has 0 atom stereocenters. The largest absolute Gasteiger partial charge is 0.383 e. The van der Waals surface area contributed by atoms with Gasteiger partial charge in [0.05, 0.1) is 17.8 Å². The zero-order chi connectivity index (χ0) is 20.0. The molecule has 2 aromatic rings. The SMILES string of the molecule is COCCN(C(=O)/C=C\c1cscn1)c1c(N)n(CC(C)C)c(=O)[nH]c1=O. The number of ether oxygens (including phenoxy) is 1. The zero-order valence-corrected chi connectivity index (χ0v) is 16.3. The Morgan fingerprint density at radius 1 is 1.48 bits per heavy atom. The number of nitrogens with two attached hydrogens (primary N) is 1. The van der Waals surface area contributed by atoms with Crippen LogP contribution in [0.4, 0.5) is 11.5 Å². The Hall–Kier alpha value is -2.72. The van der Waals surface area contributed by atoms with E-state index in [-0.39, 0.29) is 30.6 Å². The molecule has 10 heteroatoms. The van der Waals surface area contributed by atoms with Gasteiger partial charge in [0.1, 0.15) is 5.82 Å². The normalized spacial score (nSPS) is 11.4. The van der Waals surface area contributed by atoms with E-state index in [0.717, 1.165) is 0 Å². The van der Waals surface area contributed by atoms with E-state index in [0.29, 0.717) is 12.2 Å². The van der Waals surface area contributed by atoms with Gasteiger partial charge in [-0.2, -0.15) is 0 Å². The molecule has 146 valence electrons. The van der Waals surface area contributed by atoms with E-state index < -0.39 is 17.2 Å². The van der Waals surface area contributed by atoms with Crippen molar-refractivity contribution in [1.29, 1.82) is 0 Å². The molecule has 0 fully saturated rings. The molecule has 9 nitrogen and oxygen atoms in total. The second-order valence-electron chi connectivity index (χ2n) is 6.23. The van der Waals surface area contributed by atoms with Gasteiger partial charge in [-0.3, -0.25) is 24.0 Å². The highest BCUT2D eigenvalue weighted by atomic mass is 32.1. The fourth-order valence-electron chi connectivity index (χ4n) is 2.45. The van der Waals surface area contributed by atoms with Gasteiger partial charge in [-0.1, -0.05) is 13.8 Å². The highest BCUT2D eigenvalue weighted by Crippen LogP contribution is 2.18. The van der Waals surface area contributed by atoms with E-state index in [1.165, 1.54) is 34.0 Å². The van der Waals surface area contributed by atoms with Gasteiger partial charge in [0, 0.05) is 31.7 Å². The summed E-state index contributed by atoms with van der Waals surface area (Å²) >= 11 is 1.40. The molecule has 0 aliphatic rings. The minimum atomic E-state index is -0.719. The lowest BCUT2D eigenvalue weighted by Gasteiger charge is -2.23. The molecule has 1 amide bonds. The third-order valence-electron chi connectivity index (χ3n) is 3.66. The quantitative estimate of drug-likeness (QED) is 0.643. The number of nitrogen functional groups attached to an aromatic ring is 1. The van der Waals surface area contributed by atoms with E-state index >= 15 is 0 Å². The maximum absolute atomic E-state index is 12.7. The van der Waals surface area contributed by atoms with Crippen LogP contribution < -0.4 is 21.9 Å². The molecule has 0 spiro atoms. The van der Waals surface area contributed by atoms with E-state index in [4.69, 9.17) is 10.5 Å². The number of carbonyl (C=O) groups excluding carboxylic acids is 1. The van der Waals surface area contributed by atoms with Crippen molar-refractivity contribution >= 4 is 34.8 Å². The van der Waals surface area contributed by atoms with Crippen molar-refractivity contribution in [2.45, 2.75) is 20.4 Å². The first-order chi connectivity index (χ1) is 12.8. The summed E-state index contributed by atoms with van der Waals surface area (Å²) < 4.78 is 6.30. The monoisotopic (exact) mass is 393 g/mol. The number of methoxy groups -OCH3 is 1. The minimum absolute atomic E-state index is 0.0519. The Labute approximate surface area is 160 Å². The van der Waals surface area contributed by atoms with Crippen LogP contribution in [0.2, 0.25) is 0 Å². The highest BCUT2D eigenvalue weighted by Gasteiger charge is 2.23. The van der Waals surface area contributed by atoms with Crippen molar-refractivity contribution in [2.75, 3.05) is 30.9 Å². The Balaban J connectivity index is 2.48. The molecule has 2 rings (SSSR count). The van der Waals surface area contributed by atoms with Gasteiger partial charge >= 0.3 is 5.69 Å². The van der Waals surface area contributed by atoms with Gasteiger partial charge < -0.3 is 10.5 Å². The molecular formula is C17H23N5O4S. The molecule has 3 N–H and O–H groups in total. The molecule has 0 radical (unpaired) electrons. The maximum Gasteiger partial charge on any atom is 0.330 e. The predicted molar refractivity (Wildman–Crippen MR) is 106 cm³/mol.